The molecule has 0 saturated carbocycles. The predicted octanol–water partition coefficient (Wildman–Crippen LogP) is 1.51. The molecule has 6 nitrogen and oxygen atoms in total. The highest BCUT2D eigenvalue weighted by Crippen LogP contribution is 2.30. The first kappa shape index (κ1) is 14.8. The maximum absolute atomic E-state index is 11.8. The largest absolute Gasteiger partial charge is 0.504 e. The zero-order valence-corrected chi connectivity index (χ0v) is 10.7. The molecule has 0 spiro atoms. The Morgan fingerprint density at radius 2 is 1.74 bits per heavy atom. The van der Waals surface area contributed by atoms with Crippen molar-refractivity contribution in [1.29, 1.82) is 0 Å². The van der Waals surface area contributed by atoms with Crippen LogP contribution in [0.5, 0.6) is 17.2 Å². The Kier molecular flexibility index (Phi) is 4.74. The van der Waals surface area contributed by atoms with Crippen LogP contribution in [0.4, 0.5) is 0 Å². The van der Waals surface area contributed by atoms with Crippen LogP contribution in [0.25, 0.3) is 0 Å². The summed E-state index contributed by atoms with van der Waals surface area (Å²) in [6, 6.07) is 1.68. The highest BCUT2D eigenvalue weighted by molar-refractivity contribution is 5.90. The molecule has 0 atom stereocenters. The highest BCUT2D eigenvalue weighted by atomic mass is 16.5. The molecule has 0 aliphatic rings. The van der Waals surface area contributed by atoms with Gasteiger partial charge in [-0.05, 0) is 18.9 Å². The second kappa shape index (κ2) is 6.08. The lowest BCUT2D eigenvalue weighted by molar-refractivity contribution is 0.0284. The summed E-state index contributed by atoms with van der Waals surface area (Å²) in [6.45, 7) is 3.70. The van der Waals surface area contributed by atoms with Crippen LogP contribution < -0.4 is 5.43 Å². The van der Waals surface area contributed by atoms with Gasteiger partial charge in [-0.1, -0.05) is 13.8 Å². The molecule has 0 heterocycles. The zero-order valence-electron chi connectivity index (χ0n) is 10.7. The van der Waals surface area contributed by atoms with Crippen molar-refractivity contribution in [2.24, 2.45) is 0 Å². The van der Waals surface area contributed by atoms with E-state index in [1.54, 1.807) is 0 Å². The van der Waals surface area contributed by atoms with Gasteiger partial charge in [0.05, 0.1) is 5.56 Å². The van der Waals surface area contributed by atoms with E-state index in [0.29, 0.717) is 12.8 Å². The van der Waals surface area contributed by atoms with Crippen molar-refractivity contribution >= 4 is 5.97 Å². The monoisotopic (exact) mass is 268 g/mol. The smallest absolute Gasteiger partial charge is 0.338 e. The molecule has 0 aromatic heterocycles. The summed E-state index contributed by atoms with van der Waals surface area (Å²) in [5, 5.41) is 27.9. The molecule has 0 radical (unpaired) electrons. The van der Waals surface area contributed by atoms with Crippen LogP contribution in [0, 0.1) is 0 Å². The van der Waals surface area contributed by atoms with Gasteiger partial charge in [0.15, 0.2) is 5.75 Å². The fraction of sp³-hybridized carbons (Fsp3) is 0.385. The molecule has 0 fully saturated rings. The van der Waals surface area contributed by atoms with Crippen LogP contribution in [0.15, 0.2) is 16.9 Å². The predicted molar refractivity (Wildman–Crippen MR) is 67.5 cm³/mol. The Labute approximate surface area is 109 Å². The van der Waals surface area contributed by atoms with Crippen molar-refractivity contribution < 1.29 is 24.9 Å². The molecule has 0 aliphatic carbocycles. The number of rotatable bonds is 4. The van der Waals surface area contributed by atoms with Gasteiger partial charge in [-0.15, -0.1) is 0 Å². The second-order valence-electron chi connectivity index (χ2n) is 4.03. The maximum Gasteiger partial charge on any atom is 0.338 e. The summed E-state index contributed by atoms with van der Waals surface area (Å²) in [4.78, 5) is 23.2. The molecule has 3 N–H and O–H groups in total. The molecule has 0 saturated heterocycles. The Morgan fingerprint density at radius 3 is 2.26 bits per heavy atom. The molecular formula is C13H16O6. The average Bonchev–Trinajstić information content (AvgIpc) is 2.49. The number of carbonyl (C=O) groups excluding carboxylic acids is 1. The third-order valence-corrected chi connectivity index (χ3v) is 2.70. The average molecular weight is 268 g/mol. The van der Waals surface area contributed by atoms with Crippen molar-refractivity contribution in [3.05, 3.63) is 27.9 Å². The summed E-state index contributed by atoms with van der Waals surface area (Å²) in [5.41, 5.74) is -1.21. The van der Waals surface area contributed by atoms with Gasteiger partial charge in [0, 0.05) is 6.07 Å². The van der Waals surface area contributed by atoms with Gasteiger partial charge < -0.3 is 20.1 Å². The summed E-state index contributed by atoms with van der Waals surface area (Å²) < 4.78 is 5.11. The molecule has 1 aromatic rings. The van der Waals surface area contributed by atoms with Crippen LogP contribution in [0.2, 0.25) is 0 Å². The Hall–Kier alpha value is -2.24. The van der Waals surface area contributed by atoms with E-state index in [9.17, 15) is 24.9 Å². The van der Waals surface area contributed by atoms with E-state index in [2.05, 4.69) is 0 Å². The quantitative estimate of drug-likeness (QED) is 0.715. The van der Waals surface area contributed by atoms with Crippen LogP contribution >= 0.6 is 0 Å². The van der Waals surface area contributed by atoms with Gasteiger partial charge in [0.2, 0.25) is 16.9 Å². The van der Waals surface area contributed by atoms with E-state index >= 15 is 0 Å². The number of hydrogen-bond donors (Lipinski definition) is 3. The minimum absolute atomic E-state index is 0.231. The van der Waals surface area contributed by atoms with Gasteiger partial charge >= 0.3 is 5.97 Å². The fourth-order valence-corrected chi connectivity index (χ4v) is 1.50. The van der Waals surface area contributed by atoms with E-state index in [4.69, 9.17) is 4.74 Å². The summed E-state index contributed by atoms with van der Waals surface area (Å²) in [6.07, 6.45) is 0.944. The molecule has 1 aromatic carbocycles. The number of carbonyl (C=O) groups is 1. The molecule has 19 heavy (non-hydrogen) atoms. The maximum atomic E-state index is 11.8. The second-order valence-corrected chi connectivity index (χ2v) is 4.03. The Bertz CT molecular complexity index is 533. The summed E-state index contributed by atoms with van der Waals surface area (Å²) in [7, 11) is 0. The molecule has 6 heteroatoms. The van der Waals surface area contributed by atoms with Gasteiger partial charge in [-0.2, -0.15) is 0 Å². The number of esters is 1. The minimum atomic E-state index is -1.01. The van der Waals surface area contributed by atoms with Gasteiger partial charge in [0.1, 0.15) is 6.10 Å². The minimum Gasteiger partial charge on any atom is -0.504 e. The summed E-state index contributed by atoms with van der Waals surface area (Å²) in [5.74, 6) is -3.54. The Morgan fingerprint density at radius 1 is 1.16 bits per heavy atom. The standard InChI is InChI=1S/C13H16O6/c1-3-8(4-2)19-13(18)7-5-9(14)11(16)12(17)10(15)6-7/h5-6,8H,3-4H2,1-2H3,(H3,14,15,16,17). The van der Waals surface area contributed by atoms with E-state index in [1.165, 1.54) is 0 Å². The van der Waals surface area contributed by atoms with Crippen LogP contribution in [-0.2, 0) is 4.74 Å². The first-order valence-electron chi connectivity index (χ1n) is 5.90. The van der Waals surface area contributed by atoms with Crippen molar-refractivity contribution in [3.8, 4) is 17.2 Å². The molecule has 1 rings (SSSR count). The van der Waals surface area contributed by atoms with Crippen molar-refractivity contribution in [2.45, 2.75) is 32.8 Å². The topological polar surface area (TPSA) is 104 Å². The lowest BCUT2D eigenvalue weighted by atomic mass is 10.2. The van der Waals surface area contributed by atoms with E-state index in [-0.39, 0.29) is 11.7 Å². The van der Waals surface area contributed by atoms with Gasteiger partial charge in [0.25, 0.3) is 0 Å². The molecule has 0 bridgehead atoms. The number of aromatic hydroxyl groups is 3. The van der Waals surface area contributed by atoms with Crippen molar-refractivity contribution in [2.75, 3.05) is 0 Å². The third-order valence-electron chi connectivity index (χ3n) is 2.70. The third kappa shape index (κ3) is 3.37. The first-order chi connectivity index (χ1) is 8.90. The lowest BCUT2D eigenvalue weighted by Gasteiger charge is -2.13. The van der Waals surface area contributed by atoms with Crippen LogP contribution in [-0.4, -0.2) is 27.4 Å². The van der Waals surface area contributed by atoms with Crippen molar-refractivity contribution in [1.82, 2.24) is 0 Å². The molecule has 0 aliphatic heterocycles. The van der Waals surface area contributed by atoms with Crippen LogP contribution in [0.1, 0.15) is 37.0 Å². The lowest BCUT2D eigenvalue weighted by Crippen LogP contribution is -2.17. The van der Waals surface area contributed by atoms with E-state index in [1.807, 2.05) is 13.8 Å². The summed E-state index contributed by atoms with van der Waals surface area (Å²) >= 11 is 0. The normalized spacial score (nSPS) is 10.5. The first-order valence-corrected chi connectivity index (χ1v) is 5.90. The van der Waals surface area contributed by atoms with E-state index < -0.39 is 28.6 Å². The molecular weight excluding hydrogens is 252 g/mol. The fourth-order valence-electron chi connectivity index (χ4n) is 1.50. The molecule has 0 unspecified atom stereocenters. The SMILES string of the molecule is CCC(CC)OC(=O)c1cc(O)c(O)c(O)c(=O)c1. The van der Waals surface area contributed by atoms with Crippen LogP contribution in [0.3, 0.4) is 0 Å². The van der Waals surface area contributed by atoms with Crippen molar-refractivity contribution in [3.63, 3.8) is 0 Å². The molecule has 104 valence electrons. The number of hydrogen-bond acceptors (Lipinski definition) is 6. The van der Waals surface area contributed by atoms with E-state index in [0.717, 1.165) is 12.1 Å². The highest BCUT2D eigenvalue weighted by Gasteiger charge is 2.17. The number of ether oxygens (including phenoxy) is 1. The zero-order chi connectivity index (χ0) is 14.6. The van der Waals surface area contributed by atoms with Gasteiger partial charge in [-0.25, -0.2) is 4.79 Å². The van der Waals surface area contributed by atoms with Gasteiger partial charge in [-0.3, -0.25) is 4.79 Å². The molecule has 0 amide bonds. The Balaban J connectivity index is 3.19.